The van der Waals surface area contributed by atoms with Gasteiger partial charge < -0.3 is 18.6 Å². The molecule has 186 valence electrons. The Labute approximate surface area is 207 Å². The van der Waals surface area contributed by atoms with Crippen LogP contribution < -0.4 is 32.4 Å². The minimum Gasteiger partial charge on any atom is -0.399 e. The van der Waals surface area contributed by atoms with Crippen LogP contribution in [-0.4, -0.2) is 36.6 Å². The van der Waals surface area contributed by atoms with Gasteiger partial charge in [-0.25, -0.2) is 13.2 Å². The number of rotatable bonds is 2. The van der Waals surface area contributed by atoms with Gasteiger partial charge in [-0.15, -0.1) is 0 Å². The van der Waals surface area contributed by atoms with Gasteiger partial charge in [-0.2, -0.15) is 0 Å². The van der Waals surface area contributed by atoms with E-state index < -0.39 is 74.8 Å². The average Bonchev–Trinajstić information content (AvgIpc) is 3.06. The Morgan fingerprint density at radius 3 is 1.37 bits per heavy atom. The van der Waals surface area contributed by atoms with Gasteiger partial charge in [-0.1, -0.05) is 0 Å². The fourth-order valence-corrected chi connectivity index (χ4v) is 4.35. The van der Waals surface area contributed by atoms with Crippen LogP contribution in [0.1, 0.15) is 55.4 Å². The van der Waals surface area contributed by atoms with Gasteiger partial charge in [0.05, 0.1) is 43.8 Å². The van der Waals surface area contributed by atoms with Crippen LogP contribution in [0.5, 0.6) is 0 Å². The van der Waals surface area contributed by atoms with Crippen molar-refractivity contribution in [2.75, 3.05) is 0 Å². The summed E-state index contributed by atoms with van der Waals surface area (Å²) in [4.78, 5) is 0. The molecular weight excluding hydrogens is 476 g/mol. The average molecular weight is 504 g/mol. The largest absolute Gasteiger partial charge is 0.500 e. The molecule has 2 heterocycles. The van der Waals surface area contributed by atoms with E-state index in [2.05, 4.69) is 17.2 Å². The van der Waals surface area contributed by atoms with Crippen molar-refractivity contribution in [1.82, 2.24) is 0 Å². The molecule has 8 nitrogen and oxygen atoms in total. The summed E-state index contributed by atoms with van der Waals surface area (Å²) in [5.41, 5.74) is -3.98. The molecule has 0 spiro atoms. The normalized spacial score (nSPS) is 23.0. The molecule has 35 heavy (non-hydrogen) atoms. The number of nitrogens with one attached hydrogen (secondary N) is 3. The third-order valence-electron chi connectivity index (χ3n) is 7.75. The summed E-state index contributed by atoms with van der Waals surface area (Å²) in [6.45, 7) is 14.2. The molecule has 0 aromatic rings. The molecule has 4 rings (SSSR count). The third kappa shape index (κ3) is 3.58. The molecule has 3 N–H and O–H groups in total. The Bertz CT molecular complexity index is 1500. The second-order valence-corrected chi connectivity index (χ2v) is 11.2. The van der Waals surface area contributed by atoms with Crippen LogP contribution in [0.3, 0.4) is 0 Å². The number of thiol groups is 1. The molecule has 0 bridgehead atoms. The highest BCUT2D eigenvalue weighted by Gasteiger charge is 2.54. The summed E-state index contributed by atoms with van der Waals surface area (Å²) in [5.74, 6) is -2.14. The van der Waals surface area contributed by atoms with Gasteiger partial charge in [0.15, 0.2) is 0 Å². The Kier molecular flexibility index (Phi) is 5.82. The highest BCUT2D eigenvalue weighted by Crippen LogP contribution is 2.37. The Hall–Kier alpha value is -1.92. The summed E-state index contributed by atoms with van der Waals surface area (Å²) in [5, 5.41) is 22.7. The first-order chi connectivity index (χ1) is 15.9. The van der Waals surface area contributed by atoms with Crippen molar-refractivity contribution in [2.45, 2.75) is 77.8 Å². The Morgan fingerprint density at radius 1 is 0.629 bits per heavy atom. The van der Waals surface area contributed by atoms with Crippen molar-refractivity contribution in [3.63, 3.8) is 0 Å². The number of halogens is 2. The van der Waals surface area contributed by atoms with Crippen molar-refractivity contribution < 1.29 is 27.4 Å². The van der Waals surface area contributed by atoms with Gasteiger partial charge in [0, 0.05) is 21.4 Å². The van der Waals surface area contributed by atoms with Gasteiger partial charge in [0.25, 0.3) is 0 Å². The zero-order valence-corrected chi connectivity index (χ0v) is 21.8. The predicted octanol–water partition coefficient (Wildman–Crippen LogP) is 0.347. The second kappa shape index (κ2) is 7.79. The molecule has 0 aromatic heterocycles. The molecule has 13 heteroatoms. The SMILES string of the molecule is CC1(C)OB(c2c(F)c3c(=N)c(=NS)c(B4OC(C)(C)C(C)(C)O4)c(F)c=3c(=N)c2=N)OC1(C)C. The lowest BCUT2D eigenvalue weighted by Gasteiger charge is -2.32. The fraction of sp³-hybridized carbons (Fsp3) is 0.545. The molecule has 4 aliphatic rings. The van der Waals surface area contributed by atoms with Crippen molar-refractivity contribution in [3.8, 4) is 0 Å². The molecule has 0 saturated carbocycles. The standard InChI is InChI=1S/C22H28B2F2N4O4S/c1-19(2)20(3,4)32-23(31-19)11-13(25)10-9(15(27)17(11)29)14(26)12(18(30-35)16(10)28)24-33-21(5,6)22(7,8)34-24/h27-29,35H,1-8H3. The molecule has 2 fully saturated rings. The summed E-state index contributed by atoms with van der Waals surface area (Å²) in [6.07, 6.45) is 0. The minimum absolute atomic E-state index is 0.271. The van der Waals surface area contributed by atoms with E-state index in [1.807, 2.05) is 0 Å². The molecular formula is C22H28B2F2N4O4S. The van der Waals surface area contributed by atoms with Crippen LogP contribution in [0.2, 0.25) is 0 Å². The van der Waals surface area contributed by atoms with Crippen LogP contribution in [-0.2, 0) is 18.6 Å². The van der Waals surface area contributed by atoms with E-state index in [9.17, 15) is 0 Å². The lowest BCUT2D eigenvalue weighted by Crippen LogP contribution is -2.57. The molecule has 2 saturated heterocycles. The maximum absolute atomic E-state index is 16.1. The van der Waals surface area contributed by atoms with E-state index in [0.717, 1.165) is 0 Å². The maximum Gasteiger partial charge on any atom is 0.500 e. The summed E-state index contributed by atoms with van der Waals surface area (Å²) >= 11 is 3.91. The minimum atomic E-state index is -1.32. The number of hydrogen-bond acceptors (Lipinski definition) is 9. The van der Waals surface area contributed by atoms with Crippen LogP contribution in [0, 0.1) is 38.3 Å². The van der Waals surface area contributed by atoms with E-state index in [1.165, 1.54) is 0 Å². The van der Waals surface area contributed by atoms with Gasteiger partial charge >= 0.3 is 14.2 Å². The van der Waals surface area contributed by atoms with Crippen LogP contribution in [0.25, 0.3) is 0 Å². The van der Waals surface area contributed by atoms with Crippen molar-refractivity contribution in [3.05, 3.63) is 43.5 Å². The predicted molar refractivity (Wildman–Crippen MR) is 128 cm³/mol. The molecule has 0 unspecified atom stereocenters. The van der Waals surface area contributed by atoms with Gasteiger partial charge in [-0.3, -0.25) is 16.2 Å². The van der Waals surface area contributed by atoms with Gasteiger partial charge in [0.1, 0.15) is 11.6 Å². The number of nitrogens with zero attached hydrogens (tertiary/aromatic N) is 1. The number of hydrogen-bond donors (Lipinski definition) is 4. The smallest absolute Gasteiger partial charge is 0.399 e. The topological polar surface area (TPSA) is 121 Å². The monoisotopic (exact) mass is 504 g/mol. The molecule has 0 aromatic carbocycles. The van der Waals surface area contributed by atoms with E-state index in [1.54, 1.807) is 55.4 Å². The molecule has 0 atom stereocenters. The molecule has 0 amide bonds. The molecule has 0 radical (unpaired) electrons. The van der Waals surface area contributed by atoms with Gasteiger partial charge in [0.2, 0.25) is 0 Å². The van der Waals surface area contributed by atoms with E-state index in [-0.39, 0.29) is 16.3 Å². The van der Waals surface area contributed by atoms with Crippen molar-refractivity contribution >= 4 is 38.0 Å². The van der Waals surface area contributed by atoms with Crippen LogP contribution in [0.15, 0.2) is 4.40 Å². The lowest BCUT2D eigenvalue weighted by atomic mass is 9.74. The van der Waals surface area contributed by atoms with Crippen LogP contribution >= 0.6 is 12.8 Å². The van der Waals surface area contributed by atoms with E-state index in [4.69, 9.17) is 34.8 Å². The summed E-state index contributed by atoms with van der Waals surface area (Å²) in [7, 11) is -2.60. The first-order valence-electron chi connectivity index (χ1n) is 11.1. The van der Waals surface area contributed by atoms with Crippen molar-refractivity contribution in [1.29, 1.82) is 16.2 Å². The zero-order chi connectivity index (χ0) is 26.5. The quantitative estimate of drug-likeness (QED) is 0.349. The highest BCUT2D eigenvalue weighted by atomic mass is 32.1. The summed E-state index contributed by atoms with van der Waals surface area (Å²) < 4.78 is 59.5. The molecule has 2 aliphatic carbocycles. The fourth-order valence-electron chi connectivity index (χ4n) is 4.15. The Morgan fingerprint density at radius 2 is 0.971 bits per heavy atom. The first-order valence-corrected chi connectivity index (χ1v) is 11.5. The maximum atomic E-state index is 16.1. The van der Waals surface area contributed by atoms with Gasteiger partial charge in [-0.05, 0) is 68.2 Å². The summed E-state index contributed by atoms with van der Waals surface area (Å²) in [6, 6.07) is 0. The highest BCUT2D eigenvalue weighted by molar-refractivity contribution is 7.78. The van der Waals surface area contributed by atoms with Crippen LogP contribution in [0.4, 0.5) is 8.78 Å². The second-order valence-electron chi connectivity index (χ2n) is 11.0. The zero-order valence-electron chi connectivity index (χ0n) is 20.9. The van der Waals surface area contributed by atoms with Crippen molar-refractivity contribution in [2.24, 2.45) is 4.40 Å². The first kappa shape index (κ1) is 26.2. The Balaban J connectivity index is 2.08. The van der Waals surface area contributed by atoms with E-state index >= 15 is 8.78 Å². The van der Waals surface area contributed by atoms with E-state index in [0.29, 0.717) is 0 Å². The molecule has 2 aliphatic heterocycles. The third-order valence-corrected chi connectivity index (χ3v) is 7.95. The lowest BCUT2D eigenvalue weighted by molar-refractivity contribution is 0.00578.